The Morgan fingerprint density at radius 1 is 1.20 bits per heavy atom. The fourth-order valence-corrected chi connectivity index (χ4v) is 2.24. The summed E-state index contributed by atoms with van der Waals surface area (Å²) in [6.45, 7) is 8.10. The van der Waals surface area contributed by atoms with Gasteiger partial charge < -0.3 is 4.90 Å². The molecule has 0 N–H and O–H groups in total. The molecule has 20 heavy (non-hydrogen) atoms. The molecule has 0 fully saturated rings. The number of likely N-dealkylation sites (N-methyl/N-ethyl adjacent to an activating group) is 1. The Morgan fingerprint density at radius 3 is 2.25 bits per heavy atom. The van der Waals surface area contributed by atoms with E-state index >= 15 is 0 Å². The predicted molar refractivity (Wildman–Crippen MR) is 83.9 cm³/mol. The van der Waals surface area contributed by atoms with Gasteiger partial charge >= 0.3 is 0 Å². The van der Waals surface area contributed by atoms with Gasteiger partial charge in [0.15, 0.2) is 0 Å². The maximum absolute atomic E-state index is 11.9. The van der Waals surface area contributed by atoms with Crippen molar-refractivity contribution >= 4 is 23.5 Å². The van der Waals surface area contributed by atoms with Crippen molar-refractivity contribution in [3.63, 3.8) is 0 Å². The number of aliphatic imine (C=N–C) groups is 1. The molecule has 106 valence electrons. The number of hydrogen-bond acceptors (Lipinski definition) is 3. The second-order valence-electron chi connectivity index (χ2n) is 4.82. The van der Waals surface area contributed by atoms with Crippen molar-refractivity contribution in [1.82, 2.24) is 4.90 Å². The second kappa shape index (κ2) is 5.90. The molecule has 1 aliphatic rings. The third-order valence-corrected chi connectivity index (χ3v) is 3.62. The number of benzene rings is 1. The van der Waals surface area contributed by atoms with Crippen LogP contribution in [0.1, 0.15) is 26.3 Å². The van der Waals surface area contributed by atoms with E-state index in [4.69, 9.17) is 0 Å². The molecule has 0 bridgehead atoms. The Bertz CT molecular complexity index is 554. The lowest BCUT2D eigenvalue weighted by molar-refractivity contribution is -0.121. The molecule has 4 heteroatoms. The zero-order valence-corrected chi connectivity index (χ0v) is 12.6. The molecule has 0 spiro atoms. The Labute approximate surface area is 120 Å². The number of carbonyl (C=O) groups is 1. The summed E-state index contributed by atoms with van der Waals surface area (Å²) in [4.78, 5) is 20.1. The summed E-state index contributed by atoms with van der Waals surface area (Å²) in [7, 11) is 1.74. The monoisotopic (exact) mass is 271 g/mol. The molecule has 1 aromatic rings. The number of hydrogen-bond donors (Lipinski definition) is 0. The molecule has 1 heterocycles. The quantitative estimate of drug-likeness (QED) is 0.789. The Balaban J connectivity index is 2.22. The van der Waals surface area contributed by atoms with Crippen LogP contribution in [0.25, 0.3) is 6.08 Å². The van der Waals surface area contributed by atoms with Crippen LogP contribution in [0.15, 0.2) is 35.0 Å². The number of carbonyl (C=O) groups excluding carboxylic acids is 1. The maximum atomic E-state index is 11.9. The van der Waals surface area contributed by atoms with Gasteiger partial charge in [-0.1, -0.05) is 12.1 Å². The highest BCUT2D eigenvalue weighted by molar-refractivity contribution is 6.13. The molecule has 0 atom stereocenters. The van der Waals surface area contributed by atoms with Crippen molar-refractivity contribution in [2.24, 2.45) is 4.99 Å². The lowest BCUT2D eigenvalue weighted by atomic mass is 10.1. The summed E-state index contributed by atoms with van der Waals surface area (Å²) < 4.78 is 0. The predicted octanol–water partition coefficient (Wildman–Crippen LogP) is 2.76. The van der Waals surface area contributed by atoms with Gasteiger partial charge in [0.25, 0.3) is 5.91 Å². The molecule has 0 radical (unpaired) electrons. The third-order valence-electron chi connectivity index (χ3n) is 3.62. The van der Waals surface area contributed by atoms with E-state index in [2.05, 4.69) is 35.9 Å². The molecule has 1 aliphatic heterocycles. The van der Waals surface area contributed by atoms with E-state index in [1.165, 1.54) is 5.69 Å². The van der Waals surface area contributed by atoms with Gasteiger partial charge in [0.1, 0.15) is 11.5 Å². The molecule has 0 unspecified atom stereocenters. The van der Waals surface area contributed by atoms with E-state index in [0.29, 0.717) is 5.70 Å². The van der Waals surface area contributed by atoms with Gasteiger partial charge in [-0.3, -0.25) is 9.69 Å². The van der Waals surface area contributed by atoms with E-state index in [0.717, 1.165) is 24.5 Å². The summed E-state index contributed by atoms with van der Waals surface area (Å²) in [6.07, 6.45) is 1.83. The molecule has 0 aliphatic carbocycles. The molecular weight excluding hydrogens is 250 g/mol. The first kappa shape index (κ1) is 14.3. The zero-order chi connectivity index (χ0) is 14.7. The number of amidine groups is 1. The van der Waals surface area contributed by atoms with Gasteiger partial charge in [0.2, 0.25) is 0 Å². The molecular formula is C16H21N3O. The summed E-state index contributed by atoms with van der Waals surface area (Å²) >= 11 is 0. The van der Waals surface area contributed by atoms with Crippen LogP contribution in [-0.2, 0) is 4.79 Å². The third kappa shape index (κ3) is 2.74. The topological polar surface area (TPSA) is 35.9 Å². The van der Waals surface area contributed by atoms with Crippen LogP contribution in [0.3, 0.4) is 0 Å². The van der Waals surface area contributed by atoms with Gasteiger partial charge in [-0.2, -0.15) is 0 Å². The Morgan fingerprint density at radius 2 is 1.80 bits per heavy atom. The minimum absolute atomic E-state index is 0.0460. The van der Waals surface area contributed by atoms with Gasteiger partial charge in [-0.25, -0.2) is 4.99 Å². The molecule has 0 saturated carbocycles. The summed E-state index contributed by atoms with van der Waals surface area (Å²) in [5, 5.41) is 0. The van der Waals surface area contributed by atoms with E-state index in [1.54, 1.807) is 11.9 Å². The normalized spacial score (nSPS) is 16.8. The Kier molecular flexibility index (Phi) is 4.23. The summed E-state index contributed by atoms with van der Waals surface area (Å²) in [6, 6.07) is 8.21. The molecule has 2 rings (SSSR count). The van der Waals surface area contributed by atoms with E-state index in [-0.39, 0.29) is 5.91 Å². The van der Waals surface area contributed by atoms with Crippen molar-refractivity contribution in [1.29, 1.82) is 0 Å². The molecule has 4 nitrogen and oxygen atoms in total. The first-order valence-corrected chi connectivity index (χ1v) is 6.96. The van der Waals surface area contributed by atoms with Crippen molar-refractivity contribution in [2.75, 3.05) is 25.0 Å². The van der Waals surface area contributed by atoms with Crippen molar-refractivity contribution < 1.29 is 4.79 Å². The van der Waals surface area contributed by atoms with Gasteiger partial charge in [-0.05, 0) is 44.5 Å². The Hall–Kier alpha value is -2.10. The molecule has 0 saturated heterocycles. The van der Waals surface area contributed by atoms with Gasteiger partial charge in [0.05, 0.1) is 0 Å². The van der Waals surface area contributed by atoms with Gasteiger partial charge in [-0.15, -0.1) is 0 Å². The van der Waals surface area contributed by atoms with E-state index in [9.17, 15) is 4.79 Å². The van der Waals surface area contributed by atoms with Crippen LogP contribution >= 0.6 is 0 Å². The van der Waals surface area contributed by atoms with Crippen LogP contribution in [0.5, 0.6) is 0 Å². The number of anilines is 1. The van der Waals surface area contributed by atoms with Gasteiger partial charge in [0, 0.05) is 25.8 Å². The first-order chi connectivity index (χ1) is 9.56. The summed E-state index contributed by atoms with van der Waals surface area (Å²) in [5.41, 5.74) is 2.70. The smallest absolute Gasteiger partial charge is 0.277 e. The van der Waals surface area contributed by atoms with Crippen molar-refractivity contribution in [3.8, 4) is 0 Å². The fourth-order valence-electron chi connectivity index (χ4n) is 2.24. The zero-order valence-electron chi connectivity index (χ0n) is 12.6. The van der Waals surface area contributed by atoms with Crippen molar-refractivity contribution in [2.45, 2.75) is 20.8 Å². The van der Waals surface area contributed by atoms with Crippen LogP contribution in [0.4, 0.5) is 5.69 Å². The largest absolute Gasteiger partial charge is 0.372 e. The lowest BCUT2D eigenvalue weighted by Crippen LogP contribution is -2.25. The summed E-state index contributed by atoms with van der Waals surface area (Å²) in [5.74, 6) is 0.691. The minimum atomic E-state index is -0.0460. The lowest BCUT2D eigenvalue weighted by Gasteiger charge is -2.20. The van der Waals surface area contributed by atoms with Crippen LogP contribution < -0.4 is 4.90 Å². The molecule has 0 aromatic heterocycles. The highest BCUT2D eigenvalue weighted by Gasteiger charge is 2.23. The highest BCUT2D eigenvalue weighted by atomic mass is 16.2. The highest BCUT2D eigenvalue weighted by Crippen LogP contribution is 2.19. The molecule has 1 amide bonds. The SMILES string of the molecule is CCN(CC)c1ccc(/C=C2/N=C(C)N(C)C2=O)cc1. The number of nitrogens with zero attached hydrogens (tertiary/aromatic N) is 3. The molecule has 1 aromatic carbocycles. The fraction of sp³-hybridized carbons (Fsp3) is 0.375. The maximum Gasteiger partial charge on any atom is 0.277 e. The van der Waals surface area contributed by atoms with E-state index in [1.807, 2.05) is 25.1 Å². The van der Waals surface area contributed by atoms with E-state index < -0.39 is 0 Å². The average molecular weight is 271 g/mol. The minimum Gasteiger partial charge on any atom is -0.372 e. The van der Waals surface area contributed by atoms with Crippen LogP contribution in [0.2, 0.25) is 0 Å². The second-order valence-corrected chi connectivity index (χ2v) is 4.82. The van der Waals surface area contributed by atoms with Crippen LogP contribution in [0, 0.1) is 0 Å². The number of rotatable bonds is 4. The number of amides is 1. The van der Waals surface area contributed by atoms with Crippen molar-refractivity contribution in [3.05, 3.63) is 35.5 Å². The standard InChI is InChI=1S/C16H21N3O/c1-5-19(6-2)14-9-7-13(8-10-14)11-15-16(20)18(4)12(3)17-15/h7-11H,5-6H2,1-4H3/b15-11+. The average Bonchev–Trinajstić information content (AvgIpc) is 2.69. The van der Waals surface area contributed by atoms with Crippen LogP contribution in [-0.4, -0.2) is 36.8 Å². The first-order valence-electron chi connectivity index (χ1n) is 6.96.